The van der Waals surface area contributed by atoms with Crippen molar-refractivity contribution >= 4 is 39.8 Å². The van der Waals surface area contributed by atoms with Crippen molar-refractivity contribution in [2.45, 2.75) is 25.8 Å². The molecule has 3 rings (SSSR count). The molecule has 0 spiro atoms. The molecule has 0 radical (unpaired) electrons. The van der Waals surface area contributed by atoms with Crippen LogP contribution in [0.5, 0.6) is 0 Å². The lowest BCUT2D eigenvalue weighted by Crippen LogP contribution is -2.49. The monoisotopic (exact) mass is 507 g/mol. The van der Waals surface area contributed by atoms with E-state index in [2.05, 4.69) is 33.3 Å². The number of rotatable bonds is 5. The molecular weight excluding hydrogens is 477 g/mol. The number of likely N-dealkylation sites (tertiary alicyclic amines) is 1. The summed E-state index contributed by atoms with van der Waals surface area (Å²) in [4.78, 5) is 11.2. The maximum absolute atomic E-state index is 11.7. The molecule has 3 atom stereocenters. The van der Waals surface area contributed by atoms with E-state index in [-0.39, 0.29) is 35.6 Å². The van der Waals surface area contributed by atoms with Gasteiger partial charge >= 0.3 is 0 Å². The van der Waals surface area contributed by atoms with Crippen molar-refractivity contribution in [3.8, 4) is 0 Å². The number of imidazole rings is 1. The van der Waals surface area contributed by atoms with Gasteiger partial charge in [-0.25, -0.2) is 13.4 Å². The van der Waals surface area contributed by atoms with Gasteiger partial charge in [-0.2, -0.15) is 0 Å². The van der Waals surface area contributed by atoms with Crippen LogP contribution >= 0.6 is 24.0 Å². The molecule has 0 aliphatic carbocycles. The number of nitrogens with one attached hydrogen (secondary N) is 1. The molecule has 0 amide bonds. The molecule has 3 unspecified atom stereocenters. The third kappa shape index (κ3) is 5.94. The predicted octanol–water partition coefficient (Wildman–Crippen LogP) is 1.95. The smallest absolute Gasteiger partial charge is 0.194 e. The Kier molecular flexibility index (Phi) is 8.14. The average Bonchev–Trinajstić information content (AvgIpc) is 3.25. The van der Waals surface area contributed by atoms with E-state index in [1.54, 1.807) is 0 Å². The molecule has 1 aromatic heterocycles. The van der Waals surface area contributed by atoms with Crippen LogP contribution in [0.15, 0.2) is 36.4 Å². The van der Waals surface area contributed by atoms with Crippen LogP contribution in [-0.2, 0) is 9.84 Å². The van der Waals surface area contributed by atoms with Gasteiger partial charge in [0.15, 0.2) is 15.8 Å². The zero-order valence-electron chi connectivity index (χ0n) is 15.8. The number of nitrogens with zero attached hydrogens (tertiary/aromatic N) is 4. The molecule has 3 heterocycles. The molecule has 0 bridgehead atoms. The summed E-state index contributed by atoms with van der Waals surface area (Å²) >= 11 is 0. The Morgan fingerprint density at radius 1 is 1.44 bits per heavy atom. The molecule has 1 aromatic rings. The fourth-order valence-electron chi connectivity index (χ4n) is 3.76. The quantitative estimate of drug-likeness (QED) is 0.285. The lowest BCUT2D eigenvalue weighted by molar-refractivity contribution is 0.189. The minimum atomic E-state index is -2.86. The molecule has 0 saturated carbocycles. The molecule has 7 nitrogen and oxygen atoms in total. The normalized spacial score (nSPS) is 27.8. The summed E-state index contributed by atoms with van der Waals surface area (Å²) in [5.41, 5.74) is 0. The van der Waals surface area contributed by atoms with Gasteiger partial charge in [-0.3, -0.25) is 4.99 Å². The van der Waals surface area contributed by atoms with Crippen LogP contribution in [0, 0.1) is 11.8 Å². The molecule has 2 aliphatic rings. The Labute approximate surface area is 179 Å². The fraction of sp³-hybridized carbons (Fsp3) is 0.667. The first-order valence-electron chi connectivity index (χ1n) is 9.30. The van der Waals surface area contributed by atoms with E-state index in [1.165, 1.54) is 0 Å². The lowest BCUT2D eigenvalue weighted by atomic mass is 9.93. The standard InChI is InChI=1S/C18H29N5O2S.HI/c1-3-6-20-18(21-11-16-5-10-26(24,25)13-16)22-8-4-15(2)17(12-22)23-9-7-19-14-23;/h3,7,9,14-17H,1,4-6,8,10-13H2,2H3,(H,20,21);1H. The average molecular weight is 507 g/mol. The second kappa shape index (κ2) is 9.90. The van der Waals surface area contributed by atoms with Crippen molar-refractivity contribution in [1.29, 1.82) is 0 Å². The number of piperidine rings is 1. The first-order chi connectivity index (χ1) is 12.5. The third-order valence-electron chi connectivity index (χ3n) is 5.36. The van der Waals surface area contributed by atoms with E-state index in [0.717, 1.165) is 31.9 Å². The van der Waals surface area contributed by atoms with Crippen LogP contribution in [-0.4, -0.2) is 66.5 Å². The first kappa shape index (κ1) is 22.2. The van der Waals surface area contributed by atoms with E-state index >= 15 is 0 Å². The highest BCUT2D eigenvalue weighted by Gasteiger charge is 2.30. The van der Waals surface area contributed by atoms with Crippen molar-refractivity contribution in [3.63, 3.8) is 0 Å². The Morgan fingerprint density at radius 2 is 2.26 bits per heavy atom. The third-order valence-corrected chi connectivity index (χ3v) is 7.19. The summed E-state index contributed by atoms with van der Waals surface area (Å²) in [7, 11) is -2.86. The van der Waals surface area contributed by atoms with Crippen LogP contribution in [0.2, 0.25) is 0 Å². The Balaban J connectivity index is 0.00000261. The number of hydrogen-bond donors (Lipinski definition) is 1. The molecule has 2 saturated heterocycles. The van der Waals surface area contributed by atoms with Gasteiger partial charge in [-0.15, -0.1) is 30.6 Å². The highest BCUT2D eigenvalue weighted by Crippen LogP contribution is 2.27. The lowest BCUT2D eigenvalue weighted by Gasteiger charge is -2.39. The highest BCUT2D eigenvalue weighted by atomic mass is 127. The van der Waals surface area contributed by atoms with Gasteiger partial charge in [0, 0.05) is 38.6 Å². The topological polar surface area (TPSA) is 79.6 Å². The molecule has 2 fully saturated rings. The maximum Gasteiger partial charge on any atom is 0.194 e. The van der Waals surface area contributed by atoms with Gasteiger partial charge in [-0.1, -0.05) is 13.0 Å². The summed E-state index contributed by atoms with van der Waals surface area (Å²) < 4.78 is 25.5. The number of hydrogen-bond acceptors (Lipinski definition) is 4. The van der Waals surface area contributed by atoms with Gasteiger partial charge in [0.2, 0.25) is 0 Å². The SMILES string of the molecule is C=CCNC(=NCC1CCS(=O)(=O)C1)N1CCC(C)C(n2ccnc2)C1.I. The molecule has 27 heavy (non-hydrogen) atoms. The first-order valence-corrected chi connectivity index (χ1v) is 11.1. The van der Waals surface area contributed by atoms with Crippen LogP contribution in [0.4, 0.5) is 0 Å². The van der Waals surface area contributed by atoms with E-state index in [4.69, 9.17) is 4.99 Å². The van der Waals surface area contributed by atoms with Gasteiger partial charge in [0.25, 0.3) is 0 Å². The molecule has 1 N–H and O–H groups in total. The van der Waals surface area contributed by atoms with Crippen LogP contribution in [0.25, 0.3) is 0 Å². The molecule has 9 heteroatoms. The largest absolute Gasteiger partial charge is 0.353 e. The zero-order chi connectivity index (χ0) is 18.6. The number of aromatic nitrogens is 2. The number of sulfone groups is 1. The predicted molar refractivity (Wildman–Crippen MR) is 119 cm³/mol. The molecule has 0 aromatic carbocycles. The van der Waals surface area contributed by atoms with E-state index in [9.17, 15) is 8.42 Å². The summed E-state index contributed by atoms with van der Waals surface area (Å²) in [6, 6.07) is 0.355. The van der Waals surface area contributed by atoms with Crippen molar-refractivity contribution in [2.75, 3.05) is 37.7 Å². The Bertz CT molecular complexity index is 735. The summed E-state index contributed by atoms with van der Waals surface area (Å²) in [6.07, 6.45) is 9.32. The van der Waals surface area contributed by atoms with Crippen molar-refractivity contribution < 1.29 is 8.42 Å². The van der Waals surface area contributed by atoms with Crippen molar-refractivity contribution in [2.24, 2.45) is 16.8 Å². The van der Waals surface area contributed by atoms with Crippen LogP contribution < -0.4 is 5.32 Å². The van der Waals surface area contributed by atoms with E-state index < -0.39 is 9.84 Å². The summed E-state index contributed by atoms with van der Waals surface area (Å²) in [6.45, 7) is 9.06. The van der Waals surface area contributed by atoms with E-state index in [0.29, 0.717) is 30.8 Å². The second-order valence-electron chi connectivity index (χ2n) is 7.39. The highest BCUT2D eigenvalue weighted by molar-refractivity contribution is 14.0. The fourth-order valence-corrected chi connectivity index (χ4v) is 5.61. The Hall–Kier alpha value is -1.10. The minimum absolute atomic E-state index is 0. The van der Waals surface area contributed by atoms with Gasteiger partial charge in [0.1, 0.15) is 0 Å². The van der Waals surface area contributed by atoms with E-state index in [1.807, 2.05) is 24.8 Å². The number of aliphatic imine (C=N–C) groups is 1. The minimum Gasteiger partial charge on any atom is -0.353 e. The maximum atomic E-state index is 11.7. The van der Waals surface area contributed by atoms with Gasteiger partial charge < -0.3 is 14.8 Å². The molecular formula is C18H30IN5O2S. The van der Waals surface area contributed by atoms with Crippen LogP contribution in [0.1, 0.15) is 25.8 Å². The molecule has 2 aliphatic heterocycles. The van der Waals surface area contributed by atoms with Gasteiger partial charge in [0.05, 0.1) is 23.9 Å². The van der Waals surface area contributed by atoms with Crippen molar-refractivity contribution in [1.82, 2.24) is 19.8 Å². The number of halogens is 1. The summed E-state index contributed by atoms with van der Waals surface area (Å²) in [5, 5.41) is 3.35. The summed E-state index contributed by atoms with van der Waals surface area (Å²) in [5.74, 6) is 2.12. The zero-order valence-corrected chi connectivity index (χ0v) is 19.0. The van der Waals surface area contributed by atoms with Crippen LogP contribution in [0.3, 0.4) is 0 Å². The number of guanidine groups is 1. The molecule has 152 valence electrons. The Morgan fingerprint density at radius 3 is 2.89 bits per heavy atom. The van der Waals surface area contributed by atoms with Gasteiger partial charge in [-0.05, 0) is 24.7 Å². The van der Waals surface area contributed by atoms with Crippen molar-refractivity contribution in [3.05, 3.63) is 31.4 Å². The second-order valence-corrected chi connectivity index (χ2v) is 9.62.